The maximum atomic E-state index is 11.9. The van der Waals surface area contributed by atoms with Crippen molar-refractivity contribution >= 4 is 17.5 Å². The van der Waals surface area contributed by atoms with E-state index in [1.807, 2.05) is 0 Å². The number of amides is 2. The fourth-order valence-corrected chi connectivity index (χ4v) is 2.23. The van der Waals surface area contributed by atoms with Crippen molar-refractivity contribution in [1.82, 2.24) is 10.2 Å². The van der Waals surface area contributed by atoms with E-state index >= 15 is 0 Å². The van der Waals surface area contributed by atoms with Crippen molar-refractivity contribution in [2.24, 2.45) is 0 Å². The van der Waals surface area contributed by atoms with Crippen LogP contribution in [0.2, 0.25) is 0 Å². The van der Waals surface area contributed by atoms with Gasteiger partial charge in [-0.2, -0.15) is 0 Å². The third-order valence-corrected chi connectivity index (χ3v) is 3.68. The lowest BCUT2D eigenvalue weighted by atomic mass is 10.2. The Kier molecular flexibility index (Phi) is 8.64. The first-order chi connectivity index (χ1) is 11.5. The van der Waals surface area contributed by atoms with Crippen molar-refractivity contribution < 1.29 is 19.1 Å². The maximum Gasteiger partial charge on any atom is 0.313 e. The molecule has 0 bridgehead atoms. The topological polar surface area (TPSA) is 79.9 Å². The summed E-state index contributed by atoms with van der Waals surface area (Å²) in [5, 5.41) is 5.17. The molecule has 7 heteroatoms. The molecule has 0 saturated carbocycles. The van der Waals surface area contributed by atoms with E-state index in [-0.39, 0.29) is 0 Å². The Morgan fingerprint density at radius 3 is 2.29 bits per heavy atom. The van der Waals surface area contributed by atoms with Gasteiger partial charge in [0.2, 0.25) is 0 Å². The van der Waals surface area contributed by atoms with Crippen LogP contribution in [-0.4, -0.2) is 57.1 Å². The van der Waals surface area contributed by atoms with Gasteiger partial charge in [0, 0.05) is 18.3 Å². The summed E-state index contributed by atoms with van der Waals surface area (Å²) in [5.41, 5.74) is 0.468. The molecule has 0 saturated heterocycles. The minimum atomic E-state index is -0.704. The first-order valence-electron chi connectivity index (χ1n) is 8.09. The van der Waals surface area contributed by atoms with Gasteiger partial charge in [-0.3, -0.25) is 9.59 Å². The lowest BCUT2D eigenvalue weighted by Crippen LogP contribution is -2.37. The Bertz CT molecular complexity index is 545. The van der Waals surface area contributed by atoms with E-state index in [9.17, 15) is 9.59 Å². The quantitative estimate of drug-likeness (QED) is 0.527. The van der Waals surface area contributed by atoms with Gasteiger partial charge in [-0.25, -0.2) is 0 Å². The Labute approximate surface area is 143 Å². The van der Waals surface area contributed by atoms with Gasteiger partial charge >= 0.3 is 11.8 Å². The van der Waals surface area contributed by atoms with Crippen LogP contribution in [0.25, 0.3) is 0 Å². The summed E-state index contributed by atoms with van der Waals surface area (Å²) in [7, 11) is 3.04. The second kappa shape index (κ2) is 10.5. The second-order valence-electron chi connectivity index (χ2n) is 5.16. The Morgan fingerprint density at radius 1 is 1.04 bits per heavy atom. The van der Waals surface area contributed by atoms with Gasteiger partial charge in [0.1, 0.15) is 0 Å². The van der Waals surface area contributed by atoms with Crippen molar-refractivity contribution in [3.63, 3.8) is 0 Å². The van der Waals surface area contributed by atoms with E-state index in [2.05, 4.69) is 29.4 Å². The van der Waals surface area contributed by atoms with Crippen LogP contribution in [0.5, 0.6) is 11.5 Å². The average molecular weight is 337 g/mol. The third kappa shape index (κ3) is 6.08. The van der Waals surface area contributed by atoms with E-state index in [4.69, 9.17) is 9.47 Å². The lowest BCUT2D eigenvalue weighted by Gasteiger charge is -2.17. The molecule has 2 N–H and O–H groups in total. The summed E-state index contributed by atoms with van der Waals surface area (Å²) in [5.74, 6) is -0.319. The summed E-state index contributed by atoms with van der Waals surface area (Å²) in [6, 6.07) is 4.91. The van der Waals surface area contributed by atoms with Crippen LogP contribution in [-0.2, 0) is 9.59 Å². The molecule has 7 nitrogen and oxygen atoms in total. The molecule has 0 fully saturated rings. The molecule has 0 atom stereocenters. The highest BCUT2D eigenvalue weighted by atomic mass is 16.5. The highest BCUT2D eigenvalue weighted by molar-refractivity contribution is 6.39. The molecule has 2 amide bonds. The summed E-state index contributed by atoms with van der Waals surface area (Å²) in [6.45, 7) is 7.51. The molecule has 0 aliphatic carbocycles. The number of benzene rings is 1. The molecule has 134 valence electrons. The van der Waals surface area contributed by atoms with Crippen LogP contribution in [0.3, 0.4) is 0 Å². The Balaban J connectivity index is 2.45. The van der Waals surface area contributed by atoms with Crippen molar-refractivity contribution in [1.29, 1.82) is 0 Å². The average Bonchev–Trinajstić information content (AvgIpc) is 2.61. The first kappa shape index (κ1) is 19.8. The number of hydrogen-bond acceptors (Lipinski definition) is 5. The Hall–Kier alpha value is -2.28. The number of carbonyl (C=O) groups is 2. The molecule has 0 aliphatic rings. The van der Waals surface area contributed by atoms with Gasteiger partial charge in [-0.05, 0) is 38.2 Å². The SMILES string of the molecule is CCN(CC)CCCNC(=O)C(=O)Nc1ccc(OC)c(OC)c1. The predicted octanol–water partition coefficient (Wildman–Crippen LogP) is 1.49. The number of hydrogen-bond donors (Lipinski definition) is 2. The van der Waals surface area contributed by atoms with Crippen molar-refractivity contribution in [3.8, 4) is 11.5 Å². The van der Waals surface area contributed by atoms with Crippen LogP contribution >= 0.6 is 0 Å². The normalized spacial score (nSPS) is 10.4. The van der Waals surface area contributed by atoms with Gasteiger partial charge < -0.3 is 25.0 Å². The van der Waals surface area contributed by atoms with Crippen LogP contribution in [0, 0.1) is 0 Å². The van der Waals surface area contributed by atoms with Crippen molar-refractivity contribution in [2.45, 2.75) is 20.3 Å². The number of rotatable bonds is 9. The first-order valence-corrected chi connectivity index (χ1v) is 8.09. The summed E-state index contributed by atoms with van der Waals surface area (Å²) in [4.78, 5) is 26.0. The number of carbonyl (C=O) groups excluding carboxylic acids is 2. The molecule has 1 aromatic carbocycles. The number of nitrogens with zero attached hydrogens (tertiary/aromatic N) is 1. The number of nitrogens with one attached hydrogen (secondary N) is 2. The highest BCUT2D eigenvalue weighted by Gasteiger charge is 2.14. The van der Waals surface area contributed by atoms with E-state index < -0.39 is 11.8 Å². The van der Waals surface area contributed by atoms with Crippen molar-refractivity contribution in [3.05, 3.63) is 18.2 Å². The molecule has 0 spiro atoms. The van der Waals surface area contributed by atoms with Gasteiger partial charge in [-0.1, -0.05) is 13.8 Å². The molecule has 0 aromatic heterocycles. The number of ether oxygens (including phenoxy) is 2. The van der Waals surface area contributed by atoms with Crippen LogP contribution < -0.4 is 20.1 Å². The summed E-state index contributed by atoms with van der Waals surface area (Å²) >= 11 is 0. The highest BCUT2D eigenvalue weighted by Crippen LogP contribution is 2.29. The molecule has 24 heavy (non-hydrogen) atoms. The minimum Gasteiger partial charge on any atom is -0.493 e. The van der Waals surface area contributed by atoms with E-state index in [0.717, 1.165) is 26.1 Å². The summed E-state index contributed by atoms with van der Waals surface area (Å²) in [6.07, 6.45) is 0.803. The monoisotopic (exact) mass is 337 g/mol. The fourth-order valence-electron chi connectivity index (χ4n) is 2.23. The number of methoxy groups -OCH3 is 2. The van der Waals surface area contributed by atoms with Crippen LogP contribution in [0.4, 0.5) is 5.69 Å². The zero-order valence-corrected chi connectivity index (χ0v) is 14.8. The van der Waals surface area contributed by atoms with Gasteiger partial charge in [-0.15, -0.1) is 0 Å². The van der Waals surface area contributed by atoms with Crippen molar-refractivity contribution in [2.75, 3.05) is 45.7 Å². The van der Waals surface area contributed by atoms with E-state index in [0.29, 0.717) is 23.7 Å². The standard InChI is InChI=1S/C17H27N3O4/c1-5-20(6-2)11-7-10-18-16(21)17(22)19-13-8-9-14(23-3)15(12-13)24-4/h8-9,12H,5-7,10-11H2,1-4H3,(H,18,21)(H,19,22). The van der Waals surface area contributed by atoms with Gasteiger partial charge in [0.05, 0.1) is 14.2 Å². The van der Waals surface area contributed by atoms with Crippen LogP contribution in [0.1, 0.15) is 20.3 Å². The van der Waals surface area contributed by atoms with Gasteiger partial charge in [0.25, 0.3) is 0 Å². The minimum absolute atomic E-state index is 0.467. The zero-order chi connectivity index (χ0) is 17.9. The van der Waals surface area contributed by atoms with E-state index in [1.165, 1.54) is 14.2 Å². The molecule has 0 aliphatic heterocycles. The summed E-state index contributed by atoms with van der Waals surface area (Å²) < 4.78 is 10.3. The maximum absolute atomic E-state index is 11.9. The molecular formula is C17H27N3O4. The van der Waals surface area contributed by atoms with Crippen LogP contribution in [0.15, 0.2) is 18.2 Å². The van der Waals surface area contributed by atoms with Gasteiger partial charge in [0.15, 0.2) is 11.5 Å². The zero-order valence-electron chi connectivity index (χ0n) is 14.8. The fraction of sp³-hybridized carbons (Fsp3) is 0.529. The predicted molar refractivity (Wildman–Crippen MR) is 93.6 cm³/mol. The second-order valence-corrected chi connectivity index (χ2v) is 5.16. The Morgan fingerprint density at radius 2 is 1.71 bits per heavy atom. The molecular weight excluding hydrogens is 310 g/mol. The smallest absolute Gasteiger partial charge is 0.313 e. The lowest BCUT2D eigenvalue weighted by molar-refractivity contribution is -0.136. The largest absolute Gasteiger partial charge is 0.493 e. The molecule has 0 heterocycles. The molecule has 0 radical (unpaired) electrons. The molecule has 0 unspecified atom stereocenters. The third-order valence-electron chi connectivity index (χ3n) is 3.68. The molecule has 1 aromatic rings. The number of anilines is 1. The van der Waals surface area contributed by atoms with E-state index in [1.54, 1.807) is 18.2 Å². The molecule has 1 rings (SSSR count).